The number of methoxy groups -OCH3 is 1. The lowest BCUT2D eigenvalue weighted by Crippen LogP contribution is -2.47. The van der Waals surface area contributed by atoms with E-state index >= 15 is 0 Å². The van der Waals surface area contributed by atoms with Crippen LogP contribution in [0.5, 0.6) is 0 Å². The van der Waals surface area contributed by atoms with Gasteiger partial charge in [-0.15, -0.1) is 0 Å². The number of hydrogen-bond acceptors (Lipinski definition) is 4. The second-order valence-corrected chi connectivity index (χ2v) is 7.32. The molecule has 1 N–H and O–H groups in total. The van der Waals surface area contributed by atoms with Gasteiger partial charge in [0.25, 0.3) is 5.91 Å². The van der Waals surface area contributed by atoms with Gasteiger partial charge in [0.1, 0.15) is 17.7 Å². The summed E-state index contributed by atoms with van der Waals surface area (Å²) in [5.74, 6) is -2.80. The van der Waals surface area contributed by atoms with E-state index in [1.165, 1.54) is 7.11 Å². The Hall–Kier alpha value is -2.51. The molecule has 0 spiro atoms. The highest BCUT2D eigenvalue weighted by atomic mass is 19.1. The van der Waals surface area contributed by atoms with Crippen molar-refractivity contribution in [3.63, 3.8) is 0 Å². The molecule has 1 saturated heterocycles. The summed E-state index contributed by atoms with van der Waals surface area (Å²) < 4.78 is 31.5. The maximum absolute atomic E-state index is 13.7. The Morgan fingerprint density at radius 2 is 1.96 bits per heavy atom. The highest BCUT2D eigenvalue weighted by Crippen LogP contribution is 2.40. The molecule has 1 aliphatic carbocycles. The molecule has 2 fully saturated rings. The quantitative estimate of drug-likeness (QED) is 0.779. The molecule has 0 aromatic heterocycles. The van der Waals surface area contributed by atoms with Crippen LogP contribution < -0.4 is 5.32 Å². The van der Waals surface area contributed by atoms with E-state index in [0.717, 1.165) is 37.8 Å². The molecule has 2 aliphatic rings. The van der Waals surface area contributed by atoms with Gasteiger partial charge >= 0.3 is 5.97 Å². The number of fused-ring (bicyclic) bond motifs is 1. The molecule has 1 aliphatic heterocycles. The summed E-state index contributed by atoms with van der Waals surface area (Å²) >= 11 is 0. The zero-order valence-corrected chi connectivity index (χ0v) is 15.7. The van der Waals surface area contributed by atoms with Crippen LogP contribution in [0.15, 0.2) is 18.2 Å². The summed E-state index contributed by atoms with van der Waals surface area (Å²) in [5.41, 5.74) is -0.283. The lowest BCUT2D eigenvalue weighted by Gasteiger charge is -2.33. The van der Waals surface area contributed by atoms with E-state index in [1.807, 2.05) is 0 Å². The molecule has 3 unspecified atom stereocenters. The van der Waals surface area contributed by atoms with Gasteiger partial charge in [-0.25, -0.2) is 13.6 Å². The monoisotopic (exact) mass is 394 g/mol. The maximum Gasteiger partial charge on any atom is 0.328 e. The molecular weight excluding hydrogens is 370 g/mol. The van der Waals surface area contributed by atoms with Crippen molar-refractivity contribution >= 4 is 17.8 Å². The molecule has 152 valence electrons. The normalized spacial score (nSPS) is 23.8. The molecule has 0 bridgehead atoms. The first-order valence-electron chi connectivity index (χ1n) is 9.54. The van der Waals surface area contributed by atoms with E-state index in [0.29, 0.717) is 18.4 Å². The molecular formula is C20H24F2N2O4. The number of esters is 1. The van der Waals surface area contributed by atoms with Crippen molar-refractivity contribution in [3.05, 3.63) is 35.4 Å². The number of benzene rings is 1. The molecule has 3 atom stereocenters. The summed E-state index contributed by atoms with van der Waals surface area (Å²) in [4.78, 5) is 38.6. The third-order valence-corrected chi connectivity index (χ3v) is 5.65. The van der Waals surface area contributed by atoms with Crippen LogP contribution in [0, 0.1) is 17.6 Å². The molecule has 2 amide bonds. The zero-order valence-electron chi connectivity index (χ0n) is 15.7. The maximum atomic E-state index is 13.7. The highest BCUT2D eigenvalue weighted by Gasteiger charge is 2.47. The summed E-state index contributed by atoms with van der Waals surface area (Å²) in [7, 11) is 1.31. The Morgan fingerprint density at radius 1 is 1.21 bits per heavy atom. The minimum Gasteiger partial charge on any atom is -0.467 e. The standard InChI is InChI=1S/C20H24F2N2O4/c1-28-20(27)17-10-12-4-2-3-5-16(12)24(17)18(25)8-9-23-19(26)14-7-6-13(21)11-15(14)22/h6-7,11-12,16-17H,2-5,8-10H2,1H3,(H,23,26). The van der Waals surface area contributed by atoms with Gasteiger partial charge in [-0.3, -0.25) is 9.59 Å². The predicted octanol–water partition coefficient (Wildman–Crippen LogP) is 2.42. The minimum atomic E-state index is -0.959. The Balaban J connectivity index is 1.61. The van der Waals surface area contributed by atoms with E-state index in [1.54, 1.807) is 4.90 Å². The summed E-state index contributed by atoms with van der Waals surface area (Å²) in [6.07, 6.45) is 4.55. The van der Waals surface area contributed by atoms with Crippen molar-refractivity contribution in [2.45, 2.75) is 50.6 Å². The number of nitrogens with one attached hydrogen (secondary N) is 1. The van der Waals surface area contributed by atoms with Crippen molar-refractivity contribution in [1.29, 1.82) is 0 Å². The van der Waals surface area contributed by atoms with Crippen molar-refractivity contribution in [1.82, 2.24) is 10.2 Å². The first kappa shape index (κ1) is 20.2. The minimum absolute atomic E-state index is 0.00371. The fourth-order valence-electron chi connectivity index (χ4n) is 4.35. The lowest BCUT2D eigenvalue weighted by atomic mass is 9.84. The number of ether oxygens (including phenoxy) is 1. The van der Waals surface area contributed by atoms with Crippen molar-refractivity contribution in [3.8, 4) is 0 Å². The van der Waals surface area contributed by atoms with E-state index in [9.17, 15) is 23.2 Å². The SMILES string of the molecule is COC(=O)C1CC2CCCCC2N1C(=O)CCNC(=O)c1ccc(F)cc1F. The van der Waals surface area contributed by atoms with Crippen LogP contribution in [0.2, 0.25) is 0 Å². The third-order valence-electron chi connectivity index (χ3n) is 5.65. The van der Waals surface area contributed by atoms with E-state index in [-0.39, 0.29) is 30.5 Å². The first-order valence-corrected chi connectivity index (χ1v) is 9.54. The molecule has 6 nitrogen and oxygen atoms in total. The predicted molar refractivity (Wildman–Crippen MR) is 96.3 cm³/mol. The van der Waals surface area contributed by atoms with Gasteiger partial charge in [0, 0.05) is 25.1 Å². The second-order valence-electron chi connectivity index (χ2n) is 7.32. The van der Waals surface area contributed by atoms with Gasteiger partial charge in [-0.05, 0) is 37.3 Å². The summed E-state index contributed by atoms with van der Waals surface area (Å²) in [5, 5.41) is 2.48. The van der Waals surface area contributed by atoms with Crippen LogP contribution in [-0.2, 0) is 14.3 Å². The highest BCUT2D eigenvalue weighted by molar-refractivity contribution is 5.94. The number of amides is 2. The average Bonchev–Trinajstić information content (AvgIpc) is 3.06. The van der Waals surface area contributed by atoms with Crippen LogP contribution in [0.25, 0.3) is 0 Å². The topological polar surface area (TPSA) is 75.7 Å². The number of halogens is 2. The Bertz CT molecular complexity index is 771. The van der Waals surface area contributed by atoms with Gasteiger partial charge in [0.15, 0.2) is 0 Å². The van der Waals surface area contributed by atoms with Crippen LogP contribution in [0.4, 0.5) is 8.78 Å². The van der Waals surface area contributed by atoms with Crippen molar-refractivity contribution < 1.29 is 27.9 Å². The van der Waals surface area contributed by atoms with Gasteiger partial charge in [-0.2, -0.15) is 0 Å². The Morgan fingerprint density at radius 3 is 2.68 bits per heavy atom. The molecule has 1 heterocycles. The largest absolute Gasteiger partial charge is 0.467 e. The number of hydrogen-bond donors (Lipinski definition) is 1. The number of carbonyl (C=O) groups excluding carboxylic acids is 3. The van der Waals surface area contributed by atoms with Crippen LogP contribution in [0.3, 0.4) is 0 Å². The van der Waals surface area contributed by atoms with Crippen LogP contribution >= 0.6 is 0 Å². The molecule has 1 saturated carbocycles. The Labute approximate surface area is 162 Å². The van der Waals surface area contributed by atoms with Gasteiger partial charge in [0.2, 0.25) is 5.91 Å². The molecule has 1 aromatic carbocycles. The first-order chi connectivity index (χ1) is 13.4. The number of likely N-dealkylation sites (tertiary alicyclic amines) is 1. The van der Waals surface area contributed by atoms with Crippen LogP contribution in [-0.4, -0.2) is 48.4 Å². The lowest BCUT2D eigenvalue weighted by molar-refractivity contribution is -0.152. The molecule has 3 rings (SSSR count). The number of nitrogens with zero attached hydrogens (tertiary/aromatic N) is 1. The van der Waals surface area contributed by atoms with Gasteiger partial charge in [-0.1, -0.05) is 12.8 Å². The van der Waals surface area contributed by atoms with Crippen molar-refractivity contribution in [2.24, 2.45) is 5.92 Å². The number of rotatable bonds is 5. The summed E-state index contributed by atoms with van der Waals surface area (Å²) in [6.45, 7) is -0.00371. The molecule has 8 heteroatoms. The van der Waals surface area contributed by atoms with Crippen LogP contribution in [0.1, 0.15) is 48.9 Å². The molecule has 1 aromatic rings. The van der Waals surface area contributed by atoms with Gasteiger partial charge in [0.05, 0.1) is 12.7 Å². The number of carbonyl (C=O) groups is 3. The summed E-state index contributed by atoms with van der Waals surface area (Å²) in [6, 6.07) is 2.13. The van der Waals surface area contributed by atoms with E-state index in [2.05, 4.69) is 5.32 Å². The smallest absolute Gasteiger partial charge is 0.328 e. The fourth-order valence-corrected chi connectivity index (χ4v) is 4.35. The third kappa shape index (κ3) is 4.15. The Kier molecular flexibility index (Phi) is 6.26. The fraction of sp³-hybridized carbons (Fsp3) is 0.550. The van der Waals surface area contributed by atoms with E-state index in [4.69, 9.17) is 4.74 Å². The second kappa shape index (κ2) is 8.67. The van der Waals surface area contributed by atoms with E-state index < -0.39 is 29.6 Å². The van der Waals surface area contributed by atoms with Crippen molar-refractivity contribution in [2.75, 3.05) is 13.7 Å². The zero-order chi connectivity index (χ0) is 20.3. The molecule has 28 heavy (non-hydrogen) atoms. The van der Waals surface area contributed by atoms with Gasteiger partial charge < -0.3 is 15.0 Å². The molecule has 0 radical (unpaired) electrons. The average molecular weight is 394 g/mol.